The zero-order valence-corrected chi connectivity index (χ0v) is 59.0. The fourth-order valence-electron chi connectivity index (χ4n) is 15.3. The van der Waals surface area contributed by atoms with Crippen LogP contribution in [-0.4, -0.2) is 49.3 Å². The summed E-state index contributed by atoms with van der Waals surface area (Å²) in [6, 6.07) is 126. The maximum atomic E-state index is 10.6. The number of rotatable bonds is 10. The largest absolute Gasteiger partial charge is 0.309 e. The van der Waals surface area contributed by atoms with Crippen LogP contribution in [0.4, 0.5) is 21.5 Å². The summed E-state index contributed by atoms with van der Waals surface area (Å²) in [5, 5.41) is 5.08. The van der Waals surface area contributed by atoms with Gasteiger partial charge in [-0.3, -0.25) is 0 Å². The molecule has 2 heterocycles. The number of hydrogen-bond acceptors (Lipinski definition) is 1. The van der Waals surface area contributed by atoms with Gasteiger partial charge in [0.05, 0.1) is 33.9 Å². The smallest absolute Gasteiger partial charge is 0.0714 e. The van der Waals surface area contributed by atoms with Gasteiger partial charge >= 0.3 is 26.2 Å². The molecule has 0 bridgehead atoms. The number of para-hydroxylation sites is 4. The van der Waals surface area contributed by atoms with Crippen LogP contribution in [0.3, 0.4) is 0 Å². The van der Waals surface area contributed by atoms with Gasteiger partial charge in [-0.25, -0.2) is 4.39 Å². The molecule has 0 N–H and O–H groups in total. The van der Waals surface area contributed by atoms with Crippen molar-refractivity contribution in [1.82, 2.24) is 9.13 Å². The monoisotopic (exact) mass is 1450 g/mol. The molecule has 18 rings (SSSR count). The predicted molar refractivity (Wildman–Crippen MR) is 411 cm³/mol. The molecule has 2 aliphatic carbocycles. The summed E-state index contributed by atoms with van der Waals surface area (Å²) in [5.74, 6) is 0. The minimum absolute atomic E-state index is 0. The molecule has 0 saturated heterocycles. The molecule has 16 aromatic rings. The van der Waals surface area contributed by atoms with Crippen molar-refractivity contribution in [3.8, 4) is 55.9 Å². The van der Waals surface area contributed by atoms with E-state index in [9.17, 15) is 4.39 Å². The van der Waals surface area contributed by atoms with Gasteiger partial charge in [-0.05, 0) is 169 Å². The minimum atomic E-state index is -0.400. The molecule has 0 spiro atoms. The van der Waals surface area contributed by atoms with Gasteiger partial charge in [0.2, 0.25) is 0 Å². The number of alkyl halides is 1. The van der Waals surface area contributed by atoms with Gasteiger partial charge in [-0.1, -0.05) is 269 Å². The van der Waals surface area contributed by atoms with Crippen LogP contribution in [0, 0.1) is 0 Å². The van der Waals surface area contributed by atoms with Gasteiger partial charge in [0.1, 0.15) is 7.57 Å². The van der Waals surface area contributed by atoms with Crippen molar-refractivity contribution in [3.63, 3.8) is 0 Å². The summed E-state index contributed by atoms with van der Waals surface area (Å²) in [5.41, 5.74) is 28.3. The topological polar surface area (TPSA) is 13.1 Å². The molecule has 0 aliphatic heterocycles. The van der Waals surface area contributed by atoms with Crippen LogP contribution < -0.4 is 4.90 Å². The van der Waals surface area contributed by atoms with Crippen LogP contribution in [0.2, 0.25) is 0 Å². The van der Waals surface area contributed by atoms with E-state index in [1.807, 2.05) is 0 Å². The van der Waals surface area contributed by atoms with E-state index in [0.717, 1.165) is 17.1 Å². The first kappa shape index (κ1) is 61.9. The Labute approximate surface area is 583 Å². The Kier molecular flexibility index (Phi) is 16.9. The number of fused-ring (bicyclic) bond motifs is 12. The zero-order chi connectivity index (χ0) is 64.0. The summed E-state index contributed by atoms with van der Waals surface area (Å²) < 4.78 is 15.4. The predicted octanol–water partition coefficient (Wildman–Crippen LogP) is 22.8. The van der Waals surface area contributed by atoms with Gasteiger partial charge in [0, 0.05) is 55.4 Å². The summed E-state index contributed by atoms with van der Waals surface area (Å²) in [4.78, 5) is 2.40. The Bertz CT molecular complexity index is 5390. The van der Waals surface area contributed by atoms with Crippen LogP contribution in [0.5, 0.6) is 0 Å². The molecule has 0 saturated carbocycles. The maximum absolute atomic E-state index is 10.6. The molecule has 0 fully saturated rings. The fourth-order valence-corrected chi connectivity index (χ4v) is 15.3. The average molecular weight is 1450 g/mol. The summed E-state index contributed by atoms with van der Waals surface area (Å²) in [6.45, 7) is 4.70. The standard InChI is InChI=1S/C51H38N2.C37H25N.CH3BFP.Bi.2H/c1-51(2)47-19-11-9-17-43(47)44-31-30-42(34-48(44)51)52(40-26-21-36(22-27-40)35-13-5-3-6-14-35)41-28-23-37(24-29-41)38-25-32-50-46(33-38)45-18-10-12-20-49(45)53(50)39-15-7-4-8-16-39;1-2-13-26(14-3-1)37(33-21-8-4-17-29(33)30-18-5-9-22-34(30)37)27-15-12-16-28(25-27)38-35-23-10-6-19-31(35)32-20-7-11-24-36(32)38;2-4-1-3;;;/h3-34H,1-2H3;1-25H;4H,1H2;;;. The second-order valence-electron chi connectivity index (χ2n) is 25.1. The van der Waals surface area contributed by atoms with Crippen molar-refractivity contribution in [2.45, 2.75) is 24.7 Å². The Balaban J connectivity index is 0.000000155. The summed E-state index contributed by atoms with van der Waals surface area (Å²) in [7, 11) is 4.65. The molecule has 3 radical (unpaired) electrons. The van der Waals surface area contributed by atoms with Crippen molar-refractivity contribution >= 4 is 103 Å². The molecule has 14 aromatic carbocycles. The van der Waals surface area contributed by atoms with Crippen molar-refractivity contribution in [2.24, 2.45) is 0 Å². The molecule has 459 valence electrons. The quantitative estimate of drug-likeness (QED) is 0.0982. The molecule has 96 heavy (non-hydrogen) atoms. The minimum Gasteiger partial charge on any atom is -0.309 e. The average Bonchev–Trinajstić information content (AvgIpc) is 1.53. The Morgan fingerprint density at radius 3 is 1.27 bits per heavy atom. The summed E-state index contributed by atoms with van der Waals surface area (Å²) in [6.07, 6.45) is -0.375. The Morgan fingerprint density at radius 1 is 0.323 bits per heavy atom. The number of nitrogens with zero attached hydrogens (tertiary/aromatic N) is 3. The van der Waals surface area contributed by atoms with Crippen LogP contribution in [-0.2, 0) is 10.8 Å². The van der Waals surface area contributed by atoms with E-state index >= 15 is 0 Å². The number of anilines is 3. The van der Waals surface area contributed by atoms with Crippen LogP contribution in [0.25, 0.3) is 99.5 Å². The molecule has 2 aliphatic rings. The third kappa shape index (κ3) is 10.6. The maximum Gasteiger partial charge on any atom is 0.0714 e. The second kappa shape index (κ2) is 26.2. The van der Waals surface area contributed by atoms with E-state index < -0.39 is 5.41 Å². The zero-order valence-electron chi connectivity index (χ0n) is 53.5. The van der Waals surface area contributed by atoms with E-state index in [4.69, 9.17) is 0 Å². The van der Waals surface area contributed by atoms with Gasteiger partial charge < -0.3 is 14.0 Å². The van der Waals surface area contributed by atoms with E-state index in [2.05, 4.69) is 381 Å². The van der Waals surface area contributed by atoms with Crippen LogP contribution in [0.1, 0.15) is 47.2 Å². The molecule has 1 atom stereocenters. The van der Waals surface area contributed by atoms with Gasteiger partial charge in [0.15, 0.2) is 0 Å². The van der Waals surface area contributed by atoms with E-state index in [1.165, 1.54) is 133 Å². The van der Waals surface area contributed by atoms with Crippen LogP contribution >= 0.6 is 8.46 Å². The number of aromatic nitrogens is 2. The summed E-state index contributed by atoms with van der Waals surface area (Å²) >= 11 is 0. The first-order valence-corrected chi connectivity index (χ1v) is 33.8. The number of benzene rings is 14. The first-order valence-electron chi connectivity index (χ1n) is 32.6. The third-order valence-corrected chi connectivity index (χ3v) is 19.7. The van der Waals surface area contributed by atoms with Gasteiger partial charge in [-0.2, -0.15) is 0 Å². The Morgan fingerprint density at radius 2 is 0.708 bits per heavy atom. The molecule has 2 aromatic heterocycles. The molecular formula is C89H68BBiFN3P. The molecule has 3 nitrogen and oxygen atoms in total. The van der Waals surface area contributed by atoms with Crippen LogP contribution in [0.15, 0.2) is 346 Å². The SMILES string of the molecule is CC1(C)c2ccccc2-c2ccc(N(c3ccc(-c4ccccc4)cc3)c3ccc(-c4ccc5c(c4)c4ccccc4n5-c4ccccc4)cc3)cc21.[B]PCF.[BiH2].c1ccc(C2(c3cccc(-n4c5ccccc5c5ccccc54)c3)c3ccccc3-c3ccccc32)cc1. The molecule has 7 heteroatoms. The van der Waals surface area contributed by atoms with E-state index in [1.54, 1.807) is 0 Å². The molecule has 0 amide bonds. The van der Waals surface area contributed by atoms with Crippen molar-refractivity contribution in [1.29, 1.82) is 0 Å². The van der Waals surface area contributed by atoms with E-state index in [0.29, 0.717) is 0 Å². The number of halogens is 1. The van der Waals surface area contributed by atoms with E-state index in [-0.39, 0.29) is 46.5 Å². The molecular weight excluding hydrogens is 1380 g/mol. The normalized spacial score (nSPS) is 12.9. The van der Waals surface area contributed by atoms with Crippen molar-refractivity contribution < 1.29 is 4.39 Å². The number of hydrogen-bond donors (Lipinski definition) is 0. The Hall–Kier alpha value is -10.2. The van der Waals surface area contributed by atoms with Crippen molar-refractivity contribution in [3.05, 3.63) is 379 Å². The van der Waals surface area contributed by atoms with Crippen molar-refractivity contribution in [2.75, 3.05) is 11.3 Å². The van der Waals surface area contributed by atoms with Gasteiger partial charge in [-0.15, -0.1) is 8.46 Å². The fraction of sp³-hybridized carbons (Fsp3) is 0.0562. The molecule has 1 unspecified atom stereocenters. The third-order valence-electron chi connectivity index (χ3n) is 19.6. The second-order valence-corrected chi connectivity index (χ2v) is 25.8. The van der Waals surface area contributed by atoms with Gasteiger partial charge in [0.25, 0.3) is 0 Å². The first-order chi connectivity index (χ1) is 46.8.